The Hall–Kier alpha value is -1.57. The minimum Gasteiger partial charge on any atom is -0.308 e. The molecule has 1 aromatic rings. The third kappa shape index (κ3) is 2.16. The van der Waals surface area contributed by atoms with E-state index < -0.39 is 0 Å². The number of rotatable bonds is 4. The summed E-state index contributed by atoms with van der Waals surface area (Å²) >= 11 is 0. The molecule has 0 radical (unpaired) electrons. The second-order valence-corrected chi connectivity index (χ2v) is 4.39. The largest absolute Gasteiger partial charge is 0.308 e. The number of benzene rings is 1. The first-order valence-electron chi connectivity index (χ1n) is 5.71. The first kappa shape index (κ1) is 10.9. The lowest BCUT2D eigenvalue weighted by Crippen LogP contribution is -2.32. The molecule has 1 fully saturated rings. The summed E-state index contributed by atoms with van der Waals surface area (Å²) in [7, 11) is 0. The minimum atomic E-state index is 0.222. The first-order chi connectivity index (χ1) is 7.74. The molecule has 2 rings (SSSR count). The van der Waals surface area contributed by atoms with Crippen molar-refractivity contribution < 1.29 is 4.79 Å². The Balaban J connectivity index is 2.17. The number of hydrogen-bond donors (Lipinski definition) is 0. The number of carbonyl (C=O) groups excluding carboxylic acids is 1. The van der Waals surface area contributed by atoms with Crippen LogP contribution in [0.3, 0.4) is 0 Å². The lowest BCUT2D eigenvalue weighted by Gasteiger charge is -2.21. The van der Waals surface area contributed by atoms with Crippen LogP contribution in [0.5, 0.6) is 0 Å². The van der Waals surface area contributed by atoms with Gasteiger partial charge in [-0.1, -0.05) is 31.2 Å². The highest BCUT2D eigenvalue weighted by molar-refractivity contribution is 5.96. The molecular formula is C14H17NO. The van der Waals surface area contributed by atoms with Gasteiger partial charge < -0.3 is 4.90 Å². The molecule has 2 heteroatoms. The van der Waals surface area contributed by atoms with Crippen molar-refractivity contribution >= 4 is 11.6 Å². The maximum atomic E-state index is 12.2. The number of carbonyl (C=O) groups is 1. The van der Waals surface area contributed by atoms with Gasteiger partial charge in [-0.05, 0) is 24.5 Å². The highest BCUT2D eigenvalue weighted by Crippen LogP contribution is 2.39. The molecule has 1 aliphatic carbocycles. The Labute approximate surface area is 96.6 Å². The molecule has 2 nitrogen and oxygen atoms in total. The van der Waals surface area contributed by atoms with E-state index in [0.29, 0.717) is 12.5 Å². The van der Waals surface area contributed by atoms with Crippen molar-refractivity contribution in [2.75, 3.05) is 11.4 Å². The maximum absolute atomic E-state index is 12.2. The predicted octanol–water partition coefficient (Wildman–Crippen LogP) is 2.86. The van der Waals surface area contributed by atoms with Gasteiger partial charge in [-0.15, -0.1) is 6.58 Å². The number of anilines is 1. The van der Waals surface area contributed by atoms with Crippen molar-refractivity contribution in [3.8, 4) is 0 Å². The van der Waals surface area contributed by atoms with E-state index in [0.717, 1.165) is 12.1 Å². The van der Waals surface area contributed by atoms with Crippen LogP contribution in [-0.4, -0.2) is 12.5 Å². The van der Waals surface area contributed by atoms with Gasteiger partial charge in [0.1, 0.15) is 0 Å². The Bertz CT molecular complexity index is 385. The lowest BCUT2D eigenvalue weighted by molar-refractivity contribution is -0.119. The van der Waals surface area contributed by atoms with Crippen LogP contribution in [0.25, 0.3) is 0 Å². The van der Waals surface area contributed by atoms with Gasteiger partial charge in [-0.3, -0.25) is 4.79 Å². The zero-order valence-electron chi connectivity index (χ0n) is 9.60. The van der Waals surface area contributed by atoms with Crippen LogP contribution >= 0.6 is 0 Å². The Morgan fingerprint density at radius 2 is 2.12 bits per heavy atom. The van der Waals surface area contributed by atoms with E-state index in [1.165, 1.54) is 0 Å². The van der Waals surface area contributed by atoms with Gasteiger partial charge in [0.25, 0.3) is 0 Å². The van der Waals surface area contributed by atoms with Crippen molar-refractivity contribution in [2.24, 2.45) is 11.8 Å². The van der Waals surface area contributed by atoms with Gasteiger partial charge in [-0.2, -0.15) is 0 Å². The van der Waals surface area contributed by atoms with E-state index in [1.54, 1.807) is 6.08 Å². The molecule has 0 unspecified atom stereocenters. The number of hydrogen-bond acceptors (Lipinski definition) is 1. The summed E-state index contributed by atoms with van der Waals surface area (Å²) in [6, 6.07) is 9.80. The summed E-state index contributed by atoms with van der Waals surface area (Å²) in [4.78, 5) is 14.0. The molecule has 1 aliphatic rings. The maximum Gasteiger partial charge on any atom is 0.230 e. The molecule has 0 saturated heterocycles. The molecule has 0 aromatic heterocycles. The predicted molar refractivity (Wildman–Crippen MR) is 66.3 cm³/mol. The van der Waals surface area contributed by atoms with Crippen molar-refractivity contribution in [3.63, 3.8) is 0 Å². The number of para-hydroxylation sites is 1. The fourth-order valence-corrected chi connectivity index (χ4v) is 1.93. The molecule has 1 amide bonds. The van der Waals surface area contributed by atoms with Gasteiger partial charge in [-0.25, -0.2) is 0 Å². The highest BCUT2D eigenvalue weighted by atomic mass is 16.2. The molecule has 0 bridgehead atoms. The minimum absolute atomic E-state index is 0.222. The van der Waals surface area contributed by atoms with E-state index >= 15 is 0 Å². The molecule has 2 atom stereocenters. The summed E-state index contributed by atoms with van der Waals surface area (Å²) in [5.74, 6) is 1.00. The molecule has 0 spiro atoms. The Morgan fingerprint density at radius 3 is 2.62 bits per heavy atom. The normalized spacial score (nSPS) is 22.6. The van der Waals surface area contributed by atoms with Crippen molar-refractivity contribution in [1.29, 1.82) is 0 Å². The molecule has 1 aromatic carbocycles. The zero-order valence-corrected chi connectivity index (χ0v) is 9.60. The van der Waals surface area contributed by atoms with Crippen molar-refractivity contribution in [1.82, 2.24) is 0 Å². The zero-order chi connectivity index (χ0) is 11.5. The van der Waals surface area contributed by atoms with Gasteiger partial charge in [0.05, 0.1) is 0 Å². The molecule has 0 aliphatic heterocycles. The fourth-order valence-electron chi connectivity index (χ4n) is 1.93. The van der Waals surface area contributed by atoms with E-state index in [-0.39, 0.29) is 11.8 Å². The summed E-state index contributed by atoms with van der Waals surface area (Å²) < 4.78 is 0. The molecule has 0 heterocycles. The van der Waals surface area contributed by atoms with Gasteiger partial charge in [0.15, 0.2) is 0 Å². The van der Waals surface area contributed by atoms with Crippen LogP contribution in [0.2, 0.25) is 0 Å². The van der Waals surface area contributed by atoms with Gasteiger partial charge in [0.2, 0.25) is 5.91 Å². The van der Waals surface area contributed by atoms with Crippen LogP contribution in [0.4, 0.5) is 5.69 Å². The number of nitrogens with zero attached hydrogens (tertiary/aromatic N) is 1. The lowest BCUT2D eigenvalue weighted by atomic mass is 10.2. The summed E-state index contributed by atoms with van der Waals surface area (Å²) in [6.07, 6.45) is 2.80. The topological polar surface area (TPSA) is 20.3 Å². The smallest absolute Gasteiger partial charge is 0.230 e. The standard InChI is InChI=1S/C14H17NO/c1-3-9-15(12-7-5-4-6-8-12)14(16)13-10-11(13)2/h3-8,11,13H,1,9-10H2,2H3/t11-,13-/m1/s1. The van der Waals surface area contributed by atoms with Crippen LogP contribution in [0.15, 0.2) is 43.0 Å². The molecule has 0 N–H and O–H groups in total. The van der Waals surface area contributed by atoms with Crippen molar-refractivity contribution in [3.05, 3.63) is 43.0 Å². The average Bonchev–Trinajstić information content (AvgIpc) is 3.04. The Morgan fingerprint density at radius 1 is 1.50 bits per heavy atom. The van der Waals surface area contributed by atoms with Crippen molar-refractivity contribution in [2.45, 2.75) is 13.3 Å². The third-order valence-electron chi connectivity index (χ3n) is 3.07. The van der Waals surface area contributed by atoms with E-state index in [9.17, 15) is 4.79 Å². The quantitative estimate of drug-likeness (QED) is 0.707. The molecule has 84 valence electrons. The van der Waals surface area contributed by atoms with E-state index in [1.807, 2.05) is 35.2 Å². The van der Waals surface area contributed by atoms with Crippen LogP contribution < -0.4 is 4.90 Å². The van der Waals surface area contributed by atoms with Crippen LogP contribution in [0.1, 0.15) is 13.3 Å². The number of amides is 1. The second kappa shape index (κ2) is 4.52. The third-order valence-corrected chi connectivity index (χ3v) is 3.07. The summed E-state index contributed by atoms with van der Waals surface area (Å²) in [5, 5.41) is 0. The Kier molecular flexibility index (Phi) is 3.09. The highest BCUT2D eigenvalue weighted by Gasteiger charge is 2.41. The molecular weight excluding hydrogens is 198 g/mol. The second-order valence-electron chi connectivity index (χ2n) is 4.39. The first-order valence-corrected chi connectivity index (χ1v) is 5.71. The summed E-state index contributed by atoms with van der Waals surface area (Å²) in [5.41, 5.74) is 0.964. The van der Waals surface area contributed by atoms with Gasteiger partial charge in [0, 0.05) is 18.2 Å². The van der Waals surface area contributed by atoms with Gasteiger partial charge >= 0.3 is 0 Å². The van der Waals surface area contributed by atoms with E-state index in [4.69, 9.17) is 0 Å². The van der Waals surface area contributed by atoms with E-state index in [2.05, 4.69) is 13.5 Å². The van der Waals surface area contributed by atoms with Crippen LogP contribution in [0, 0.1) is 11.8 Å². The SMILES string of the molecule is C=CCN(C(=O)[C@@H]1C[C@H]1C)c1ccccc1. The summed E-state index contributed by atoms with van der Waals surface area (Å²) in [6.45, 7) is 6.43. The average molecular weight is 215 g/mol. The fraction of sp³-hybridized carbons (Fsp3) is 0.357. The van der Waals surface area contributed by atoms with Crippen LogP contribution in [-0.2, 0) is 4.79 Å². The monoisotopic (exact) mass is 215 g/mol. The molecule has 16 heavy (non-hydrogen) atoms. The molecule has 1 saturated carbocycles.